The summed E-state index contributed by atoms with van der Waals surface area (Å²) in [5.41, 5.74) is 3.89. The smallest absolute Gasteiger partial charge is 0.0437 e. The maximum Gasteiger partial charge on any atom is 0.0437 e. The first kappa shape index (κ1) is 9.85. The Labute approximate surface area is 80.7 Å². The molecule has 1 heteroatoms. The van der Waals surface area contributed by atoms with Crippen LogP contribution in [0.25, 0.3) is 0 Å². The van der Waals surface area contributed by atoms with E-state index in [9.17, 15) is 0 Å². The Morgan fingerprint density at radius 1 is 1.62 bits per heavy atom. The second kappa shape index (κ2) is 4.13. The molecule has 0 saturated carbocycles. The van der Waals surface area contributed by atoms with Crippen LogP contribution in [0.5, 0.6) is 0 Å². The van der Waals surface area contributed by atoms with E-state index in [1.807, 2.05) is 6.20 Å². The van der Waals surface area contributed by atoms with Crippen LogP contribution in [0.4, 0.5) is 0 Å². The molecule has 0 saturated heterocycles. The van der Waals surface area contributed by atoms with Gasteiger partial charge in [0.15, 0.2) is 0 Å². The highest BCUT2D eigenvalue weighted by Crippen LogP contribution is 2.21. The van der Waals surface area contributed by atoms with Crippen LogP contribution in [0.2, 0.25) is 0 Å². The zero-order valence-electron chi connectivity index (χ0n) is 8.67. The van der Waals surface area contributed by atoms with Crippen LogP contribution in [0.3, 0.4) is 0 Å². The average Bonchev–Trinajstić information content (AvgIpc) is 2.16. The lowest BCUT2D eigenvalue weighted by Gasteiger charge is -2.26. The number of allylic oxidation sites excluding steroid dienone is 4. The van der Waals surface area contributed by atoms with Gasteiger partial charge in [-0.15, -0.1) is 0 Å². The summed E-state index contributed by atoms with van der Waals surface area (Å²) in [6.45, 7) is 11.1. The summed E-state index contributed by atoms with van der Waals surface area (Å²) in [7, 11) is 0. The molecular weight excluding hydrogens is 158 g/mol. The first-order valence-electron chi connectivity index (χ1n) is 4.60. The Hall–Kier alpha value is -1.24. The number of nitrogens with zero attached hydrogens (tertiary/aromatic N) is 1. The molecule has 0 N–H and O–H groups in total. The molecule has 0 fully saturated rings. The van der Waals surface area contributed by atoms with E-state index in [0.717, 1.165) is 6.54 Å². The lowest BCUT2D eigenvalue weighted by atomic mass is 10.1. The van der Waals surface area contributed by atoms with Crippen LogP contribution in [0.1, 0.15) is 20.8 Å². The zero-order valence-corrected chi connectivity index (χ0v) is 8.67. The Bertz CT molecular complexity index is 292. The van der Waals surface area contributed by atoms with Gasteiger partial charge in [-0.05, 0) is 38.6 Å². The van der Waals surface area contributed by atoms with Crippen molar-refractivity contribution < 1.29 is 0 Å². The summed E-state index contributed by atoms with van der Waals surface area (Å²) in [6, 6.07) is 0. The Morgan fingerprint density at radius 2 is 2.31 bits per heavy atom. The van der Waals surface area contributed by atoms with Gasteiger partial charge >= 0.3 is 0 Å². The lowest BCUT2D eigenvalue weighted by molar-refractivity contribution is 0.518. The molecule has 0 spiro atoms. The van der Waals surface area contributed by atoms with Crippen LogP contribution in [0, 0.1) is 0 Å². The first-order chi connectivity index (χ1) is 6.19. The minimum Gasteiger partial charge on any atom is -0.345 e. The molecule has 70 valence electrons. The Balaban J connectivity index is 3.00. The van der Waals surface area contributed by atoms with Gasteiger partial charge in [0.1, 0.15) is 0 Å². The third kappa shape index (κ3) is 2.11. The monoisotopic (exact) mass is 175 g/mol. The van der Waals surface area contributed by atoms with Crippen molar-refractivity contribution in [1.29, 1.82) is 0 Å². The SMILES string of the molecule is C=CN1CC=C(C)C=C1/C(C)=C\C. The van der Waals surface area contributed by atoms with Gasteiger partial charge in [-0.2, -0.15) is 0 Å². The zero-order chi connectivity index (χ0) is 9.84. The van der Waals surface area contributed by atoms with Crippen LogP contribution in [-0.4, -0.2) is 11.4 Å². The fourth-order valence-corrected chi connectivity index (χ4v) is 1.36. The summed E-state index contributed by atoms with van der Waals surface area (Å²) < 4.78 is 0. The molecule has 0 aromatic heterocycles. The van der Waals surface area contributed by atoms with Gasteiger partial charge in [-0.3, -0.25) is 0 Å². The summed E-state index contributed by atoms with van der Waals surface area (Å²) in [6.07, 6.45) is 8.40. The van der Waals surface area contributed by atoms with E-state index >= 15 is 0 Å². The van der Waals surface area contributed by atoms with E-state index in [0.29, 0.717) is 0 Å². The molecule has 13 heavy (non-hydrogen) atoms. The van der Waals surface area contributed by atoms with Crippen molar-refractivity contribution in [2.75, 3.05) is 6.54 Å². The van der Waals surface area contributed by atoms with Crippen LogP contribution in [0.15, 0.2) is 47.9 Å². The van der Waals surface area contributed by atoms with Crippen LogP contribution < -0.4 is 0 Å². The molecule has 0 atom stereocenters. The van der Waals surface area contributed by atoms with E-state index in [4.69, 9.17) is 0 Å². The molecule has 0 aliphatic carbocycles. The van der Waals surface area contributed by atoms with Gasteiger partial charge in [-0.1, -0.05) is 24.3 Å². The molecule has 0 aromatic rings. The summed E-state index contributed by atoms with van der Waals surface area (Å²) in [5, 5.41) is 0. The van der Waals surface area contributed by atoms with E-state index in [1.54, 1.807) is 0 Å². The predicted molar refractivity (Wildman–Crippen MR) is 58.2 cm³/mol. The highest BCUT2D eigenvalue weighted by atomic mass is 15.1. The summed E-state index contributed by atoms with van der Waals surface area (Å²) >= 11 is 0. The molecule has 1 rings (SSSR count). The van der Waals surface area contributed by atoms with Crippen molar-refractivity contribution in [3.05, 3.63) is 47.9 Å². The highest BCUT2D eigenvalue weighted by molar-refractivity contribution is 5.38. The van der Waals surface area contributed by atoms with E-state index in [1.165, 1.54) is 16.8 Å². The molecule has 0 amide bonds. The second-order valence-electron chi connectivity index (χ2n) is 3.28. The fraction of sp³-hybridized carbons (Fsp3) is 0.333. The normalized spacial score (nSPS) is 18.1. The number of rotatable bonds is 2. The van der Waals surface area contributed by atoms with Gasteiger partial charge < -0.3 is 4.90 Å². The molecule has 1 aliphatic rings. The first-order valence-corrected chi connectivity index (χ1v) is 4.60. The van der Waals surface area contributed by atoms with Crippen molar-refractivity contribution in [1.82, 2.24) is 4.90 Å². The second-order valence-corrected chi connectivity index (χ2v) is 3.28. The van der Waals surface area contributed by atoms with Crippen molar-refractivity contribution >= 4 is 0 Å². The van der Waals surface area contributed by atoms with Crippen molar-refractivity contribution in [3.8, 4) is 0 Å². The lowest BCUT2D eigenvalue weighted by Crippen LogP contribution is -2.20. The molecule has 1 heterocycles. The topological polar surface area (TPSA) is 3.24 Å². The average molecular weight is 175 g/mol. The highest BCUT2D eigenvalue weighted by Gasteiger charge is 2.10. The predicted octanol–water partition coefficient (Wildman–Crippen LogP) is 3.24. The molecule has 1 aliphatic heterocycles. The van der Waals surface area contributed by atoms with Crippen molar-refractivity contribution in [3.63, 3.8) is 0 Å². The number of hydrogen-bond acceptors (Lipinski definition) is 1. The van der Waals surface area contributed by atoms with Crippen molar-refractivity contribution in [2.45, 2.75) is 20.8 Å². The van der Waals surface area contributed by atoms with Gasteiger partial charge in [0.05, 0.1) is 0 Å². The van der Waals surface area contributed by atoms with E-state index in [2.05, 4.69) is 50.5 Å². The molecular formula is C12H17N. The van der Waals surface area contributed by atoms with Crippen LogP contribution in [-0.2, 0) is 0 Å². The van der Waals surface area contributed by atoms with E-state index in [-0.39, 0.29) is 0 Å². The van der Waals surface area contributed by atoms with E-state index < -0.39 is 0 Å². The summed E-state index contributed by atoms with van der Waals surface area (Å²) in [5.74, 6) is 0. The Morgan fingerprint density at radius 3 is 2.85 bits per heavy atom. The minimum atomic E-state index is 0.937. The molecule has 0 unspecified atom stereocenters. The minimum absolute atomic E-state index is 0.937. The van der Waals surface area contributed by atoms with Crippen molar-refractivity contribution in [2.24, 2.45) is 0 Å². The Kier molecular flexibility index (Phi) is 3.13. The molecule has 0 radical (unpaired) electrons. The fourth-order valence-electron chi connectivity index (χ4n) is 1.36. The number of hydrogen-bond donors (Lipinski definition) is 0. The third-order valence-electron chi connectivity index (χ3n) is 2.34. The molecule has 0 bridgehead atoms. The molecule has 0 aromatic carbocycles. The maximum absolute atomic E-state index is 3.80. The van der Waals surface area contributed by atoms with Gasteiger partial charge in [0, 0.05) is 12.2 Å². The largest absolute Gasteiger partial charge is 0.345 e. The third-order valence-corrected chi connectivity index (χ3v) is 2.34. The van der Waals surface area contributed by atoms with Gasteiger partial charge in [-0.25, -0.2) is 0 Å². The standard InChI is InChI=1S/C12H17N/c1-5-11(4)12-9-10(3)7-8-13(12)6-2/h5-7,9H,2,8H2,1,3-4H3/b11-5-. The summed E-state index contributed by atoms with van der Waals surface area (Å²) in [4.78, 5) is 2.16. The maximum atomic E-state index is 3.80. The quantitative estimate of drug-likeness (QED) is 0.622. The molecule has 1 nitrogen and oxygen atoms in total. The van der Waals surface area contributed by atoms with Gasteiger partial charge in [0.25, 0.3) is 0 Å². The van der Waals surface area contributed by atoms with Crippen LogP contribution >= 0.6 is 0 Å². The van der Waals surface area contributed by atoms with Gasteiger partial charge in [0.2, 0.25) is 0 Å².